The zero-order valence-electron chi connectivity index (χ0n) is 62.2. The van der Waals surface area contributed by atoms with Gasteiger partial charge in [0.05, 0.1) is 44.5 Å². The Hall–Kier alpha value is -10.1. The van der Waals surface area contributed by atoms with Gasteiger partial charge in [0.15, 0.2) is 0 Å². The number of hydrogen-bond acceptors (Lipinski definition) is 1. The second-order valence-electron chi connectivity index (χ2n) is 35.8. The van der Waals surface area contributed by atoms with Crippen LogP contribution in [0.1, 0.15) is 158 Å². The first-order chi connectivity index (χ1) is 47.9. The van der Waals surface area contributed by atoms with Crippen LogP contribution in [-0.4, -0.2) is 20.4 Å². The molecule has 2 aliphatic rings. The largest absolute Gasteiger partial charge is 0.311 e. The van der Waals surface area contributed by atoms with Gasteiger partial charge in [-0.05, 0) is 212 Å². The molecule has 4 nitrogen and oxygen atoms in total. The average Bonchev–Trinajstić information content (AvgIpc) is 1.59. The van der Waals surface area contributed by atoms with E-state index in [9.17, 15) is 0 Å². The van der Waals surface area contributed by atoms with Crippen LogP contribution in [0, 0.1) is 0 Å². The Balaban J connectivity index is 1.06. The van der Waals surface area contributed by atoms with E-state index < -0.39 is 0 Å². The van der Waals surface area contributed by atoms with Gasteiger partial charge >= 0.3 is 0 Å². The number of rotatable bonds is 4. The van der Waals surface area contributed by atoms with Crippen LogP contribution in [0.25, 0.3) is 126 Å². The van der Waals surface area contributed by atoms with Crippen LogP contribution in [0.3, 0.4) is 0 Å². The highest BCUT2D eigenvalue weighted by Gasteiger charge is 2.44. The Morgan fingerprint density at radius 1 is 0.248 bits per heavy atom. The van der Waals surface area contributed by atoms with E-state index in [0.717, 1.165) is 28.2 Å². The van der Waals surface area contributed by atoms with E-state index in [-0.39, 0.29) is 39.2 Å². The van der Waals surface area contributed by atoms with Gasteiger partial charge in [-0.1, -0.05) is 252 Å². The summed E-state index contributed by atoms with van der Waals surface area (Å²) in [5.41, 5.74) is 28.0. The van der Waals surface area contributed by atoms with E-state index in [4.69, 9.17) is 0 Å². The summed E-state index contributed by atoms with van der Waals surface area (Å²) in [7, 11) is 0. The van der Waals surface area contributed by atoms with Gasteiger partial charge in [-0.25, -0.2) is 0 Å². The maximum atomic E-state index is 2.72. The monoisotopic (exact) mass is 1310 g/mol. The molecule has 0 bridgehead atoms. The van der Waals surface area contributed by atoms with Crippen molar-refractivity contribution >= 4 is 138 Å². The average molecular weight is 1310 g/mol. The third kappa shape index (κ3) is 9.40. The Morgan fingerprint density at radius 2 is 0.634 bits per heavy atom. The van der Waals surface area contributed by atoms with Gasteiger partial charge in [-0.2, -0.15) is 0 Å². The summed E-state index contributed by atoms with van der Waals surface area (Å²) < 4.78 is 7.98. The van der Waals surface area contributed by atoms with Gasteiger partial charge in [0.2, 0.25) is 0 Å². The fourth-order valence-corrected chi connectivity index (χ4v) is 17.6. The van der Waals surface area contributed by atoms with Crippen LogP contribution in [0.4, 0.5) is 17.1 Å². The third-order valence-electron chi connectivity index (χ3n) is 23.1. The summed E-state index contributed by atoms with van der Waals surface area (Å²) in [5.74, 6) is 0. The smallest absolute Gasteiger partial charge is 0.252 e. The lowest BCUT2D eigenvalue weighted by atomic mass is 9.33. The van der Waals surface area contributed by atoms with Gasteiger partial charge in [-0.15, -0.1) is 0 Å². The predicted molar refractivity (Wildman–Crippen MR) is 439 cm³/mol. The highest BCUT2D eigenvalue weighted by Crippen LogP contribution is 2.52. The molecule has 13 aromatic carbocycles. The van der Waals surface area contributed by atoms with Crippen LogP contribution in [0.5, 0.6) is 0 Å². The zero-order chi connectivity index (χ0) is 70.3. The van der Waals surface area contributed by atoms with Crippen LogP contribution in [-0.2, 0) is 32.5 Å². The Kier molecular flexibility index (Phi) is 13.3. The van der Waals surface area contributed by atoms with Crippen molar-refractivity contribution in [1.82, 2.24) is 13.7 Å². The van der Waals surface area contributed by atoms with E-state index in [0.29, 0.717) is 0 Å². The lowest BCUT2D eigenvalue weighted by Crippen LogP contribution is -2.60. The molecule has 0 fully saturated rings. The number of nitrogens with zero attached hydrogens (tertiary/aromatic N) is 4. The topological polar surface area (TPSA) is 18.0 Å². The summed E-state index contributed by atoms with van der Waals surface area (Å²) in [5, 5.41) is 15.4. The molecule has 498 valence electrons. The molecule has 3 aromatic heterocycles. The van der Waals surface area contributed by atoms with Crippen LogP contribution >= 0.6 is 0 Å². The molecule has 2 aliphatic heterocycles. The number of hydrogen-bond donors (Lipinski definition) is 0. The molecule has 18 rings (SSSR count). The summed E-state index contributed by atoms with van der Waals surface area (Å²) in [6, 6.07) is 89.1. The summed E-state index contributed by atoms with van der Waals surface area (Å²) >= 11 is 0. The van der Waals surface area contributed by atoms with E-state index in [1.807, 2.05) is 0 Å². The Bertz CT molecular complexity index is 5940. The van der Waals surface area contributed by atoms with E-state index in [1.54, 1.807) is 0 Å². The first-order valence-electron chi connectivity index (χ1n) is 36.8. The SMILES string of the molecule is CC(C)(C)c1ccc(N2c3ccc(C(C)(C)C)cc3B3c4c2cc(-c2c(-n5c6ccc(C(C)(C)C)cc6c6cc(C(C)(C)C)ccc65)cccc2-n2c5ccc(C(C)(C)C)cc5c5cc(C(C)(C)C)ccc52)cc4-n2c4ccccc4c4c5c6ccccc6c6ccccc6c5cc3c42)cc1. The molecule has 0 radical (unpaired) electrons. The molecule has 16 aromatic rings. The fraction of sp³-hybridized carbons (Fsp3) is 0.250. The summed E-state index contributed by atoms with van der Waals surface area (Å²) in [6.45, 7) is 42.1. The van der Waals surface area contributed by atoms with Gasteiger partial charge in [0, 0.05) is 66.0 Å². The van der Waals surface area contributed by atoms with Crippen molar-refractivity contribution in [1.29, 1.82) is 0 Å². The molecular formula is C96H91BN4. The van der Waals surface area contributed by atoms with E-state index in [1.165, 1.54) is 165 Å². The molecule has 0 atom stereocenters. The predicted octanol–water partition coefficient (Wildman–Crippen LogP) is 24.5. The highest BCUT2D eigenvalue weighted by molar-refractivity contribution is 7.00. The van der Waals surface area contributed by atoms with Crippen molar-refractivity contribution in [2.24, 2.45) is 0 Å². The normalized spacial score (nSPS) is 13.8. The van der Waals surface area contributed by atoms with Gasteiger partial charge in [-0.3, -0.25) is 0 Å². The Labute approximate surface area is 595 Å². The summed E-state index contributed by atoms with van der Waals surface area (Å²) in [4.78, 5) is 2.65. The Morgan fingerprint density at radius 3 is 1.11 bits per heavy atom. The molecule has 0 saturated carbocycles. The van der Waals surface area contributed by atoms with Crippen molar-refractivity contribution in [3.8, 4) is 28.2 Å². The van der Waals surface area contributed by atoms with Crippen molar-refractivity contribution in [2.75, 3.05) is 4.90 Å². The minimum atomic E-state index is -0.141. The maximum Gasteiger partial charge on any atom is 0.252 e. The maximum absolute atomic E-state index is 2.72. The van der Waals surface area contributed by atoms with Crippen LogP contribution in [0.15, 0.2) is 224 Å². The number of benzene rings is 13. The van der Waals surface area contributed by atoms with Crippen LogP contribution < -0.4 is 21.3 Å². The third-order valence-corrected chi connectivity index (χ3v) is 23.1. The molecule has 0 saturated heterocycles. The molecule has 5 heterocycles. The standard InChI is InChI=1S/C96H91BN4/c1-91(2,3)57-34-41-63(42-35-57)98-81-47-40-62(96(16,17)18)54-74(81)97-75-55-73-66-28-20-19-26-64(66)65-27-21-22-29-67(65)87(73)88-68-30-23-24-31-76(68)101(90(75)88)85-49-56(48-84(98)89(85)97)86-82(99-77-43-36-58(92(4,5)6)50-69(77)70-51-59(93(7,8)9)37-44-78(70)99)32-25-33-83(86)100-79-45-38-60(94(10,11)12)52-71(79)72-53-61(95(13,14)15)39-46-80(72)100/h19-55H,1-18H3. The second-order valence-corrected chi connectivity index (χ2v) is 35.8. The molecule has 0 amide bonds. The zero-order valence-corrected chi connectivity index (χ0v) is 62.2. The van der Waals surface area contributed by atoms with Crippen LogP contribution in [0.2, 0.25) is 0 Å². The first kappa shape index (κ1) is 63.1. The summed E-state index contributed by atoms with van der Waals surface area (Å²) in [6.07, 6.45) is 0. The van der Waals surface area contributed by atoms with Crippen molar-refractivity contribution < 1.29 is 0 Å². The number of fused-ring (bicyclic) bond motifs is 20. The quantitative estimate of drug-likeness (QED) is 0.127. The van der Waals surface area contributed by atoms with Crippen molar-refractivity contribution in [3.05, 3.63) is 258 Å². The first-order valence-corrected chi connectivity index (χ1v) is 36.8. The number of para-hydroxylation sites is 1. The minimum absolute atomic E-state index is 0.0437. The molecule has 5 heteroatoms. The molecule has 0 unspecified atom stereocenters. The second kappa shape index (κ2) is 21.2. The van der Waals surface area contributed by atoms with Gasteiger partial charge in [0.25, 0.3) is 6.71 Å². The highest BCUT2D eigenvalue weighted by atomic mass is 15.2. The number of anilines is 3. The molecule has 0 aliphatic carbocycles. The minimum Gasteiger partial charge on any atom is -0.311 e. The van der Waals surface area contributed by atoms with E-state index in [2.05, 4.69) is 368 Å². The lowest BCUT2D eigenvalue weighted by molar-refractivity contribution is 0.590. The van der Waals surface area contributed by atoms with Crippen molar-refractivity contribution in [3.63, 3.8) is 0 Å². The fourth-order valence-electron chi connectivity index (χ4n) is 17.6. The van der Waals surface area contributed by atoms with E-state index >= 15 is 0 Å². The molecule has 0 spiro atoms. The lowest BCUT2D eigenvalue weighted by Gasteiger charge is -2.41. The molecular weight excluding hydrogens is 1220 g/mol. The number of aromatic nitrogens is 3. The van der Waals surface area contributed by atoms with Crippen molar-refractivity contribution in [2.45, 2.75) is 157 Å². The molecule has 101 heavy (non-hydrogen) atoms. The van der Waals surface area contributed by atoms with Gasteiger partial charge < -0.3 is 18.6 Å². The molecule has 0 N–H and O–H groups in total. The van der Waals surface area contributed by atoms with Gasteiger partial charge in [0.1, 0.15) is 0 Å².